The lowest BCUT2D eigenvalue weighted by Gasteiger charge is -2.37. The van der Waals surface area contributed by atoms with E-state index in [9.17, 15) is 5.11 Å². The molecular formula is C22H34N2O3. The molecule has 3 aliphatic rings. The van der Waals surface area contributed by atoms with Crippen molar-refractivity contribution < 1.29 is 14.6 Å². The standard InChI is InChI=1S/C22H34N2O3/c1-26-22-6-4-20(5-7-22)24-10-8-23(9-11-24)14-21(25)16-27-15-19-13-17-2-3-18(19)12-17/h4-7,17-19,21,25H,2-3,8-16H2,1H3/t17-,18-,19-,21+/m0/s1. The third kappa shape index (κ3) is 4.76. The Balaban J connectivity index is 1.13. The molecule has 0 unspecified atom stereocenters. The number of piperazine rings is 1. The monoisotopic (exact) mass is 374 g/mol. The van der Waals surface area contributed by atoms with E-state index in [-0.39, 0.29) is 6.10 Å². The summed E-state index contributed by atoms with van der Waals surface area (Å²) in [4.78, 5) is 4.75. The van der Waals surface area contributed by atoms with Crippen LogP contribution in [0.3, 0.4) is 0 Å². The van der Waals surface area contributed by atoms with E-state index in [1.807, 2.05) is 12.1 Å². The second kappa shape index (κ2) is 8.80. The Hall–Kier alpha value is -1.30. The summed E-state index contributed by atoms with van der Waals surface area (Å²) in [5.74, 6) is 3.52. The van der Waals surface area contributed by atoms with Crippen LogP contribution in [-0.4, -0.2) is 69.2 Å². The number of fused-ring (bicyclic) bond motifs is 2. The van der Waals surface area contributed by atoms with E-state index in [0.29, 0.717) is 13.2 Å². The molecule has 2 saturated carbocycles. The second-order valence-electron chi connectivity index (χ2n) is 8.61. The fourth-order valence-electron chi connectivity index (χ4n) is 5.27. The first-order valence-electron chi connectivity index (χ1n) is 10.6. The minimum absolute atomic E-state index is 0.379. The van der Waals surface area contributed by atoms with Crippen molar-refractivity contribution in [1.82, 2.24) is 4.90 Å². The van der Waals surface area contributed by atoms with E-state index in [2.05, 4.69) is 21.9 Å². The Kier molecular flexibility index (Phi) is 6.21. The quantitative estimate of drug-likeness (QED) is 0.758. The molecule has 1 saturated heterocycles. The molecule has 2 bridgehead atoms. The number of hydrogen-bond acceptors (Lipinski definition) is 5. The van der Waals surface area contributed by atoms with Gasteiger partial charge in [0.15, 0.2) is 0 Å². The molecular weight excluding hydrogens is 340 g/mol. The van der Waals surface area contributed by atoms with Gasteiger partial charge in [-0.05, 0) is 61.3 Å². The molecule has 0 radical (unpaired) electrons. The highest BCUT2D eigenvalue weighted by atomic mass is 16.5. The van der Waals surface area contributed by atoms with Crippen LogP contribution in [0, 0.1) is 17.8 Å². The van der Waals surface area contributed by atoms with Crippen molar-refractivity contribution in [2.24, 2.45) is 17.8 Å². The van der Waals surface area contributed by atoms with E-state index >= 15 is 0 Å². The molecule has 2 aliphatic carbocycles. The Morgan fingerprint density at radius 2 is 1.85 bits per heavy atom. The highest BCUT2D eigenvalue weighted by Crippen LogP contribution is 2.48. The highest BCUT2D eigenvalue weighted by molar-refractivity contribution is 5.49. The van der Waals surface area contributed by atoms with E-state index in [0.717, 1.165) is 56.3 Å². The maximum absolute atomic E-state index is 10.4. The van der Waals surface area contributed by atoms with Crippen molar-refractivity contribution in [3.63, 3.8) is 0 Å². The first-order chi connectivity index (χ1) is 13.2. The summed E-state index contributed by atoms with van der Waals surface area (Å²) in [5.41, 5.74) is 1.24. The fraction of sp³-hybridized carbons (Fsp3) is 0.727. The number of rotatable bonds is 8. The number of methoxy groups -OCH3 is 1. The van der Waals surface area contributed by atoms with Crippen LogP contribution in [0.1, 0.15) is 25.7 Å². The number of ether oxygens (including phenoxy) is 2. The minimum atomic E-state index is -0.379. The maximum atomic E-state index is 10.4. The molecule has 27 heavy (non-hydrogen) atoms. The molecule has 0 spiro atoms. The van der Waals surface area contributed by atoms with Crippen LogP contribution < -0.4 is 9.64 Å². The summed E-state index contributed by atoms with van der Waals surface area (Å²) in [6.07, 6.45) is 5.24. The predicted octanol–water partition coefficient (Wildman–Crippen LogP) is 2.63. The summed E-state index contributed by atoms with van der Waals surface area (Å²) < 4.78 is 11.1. The lowest BCUT2D eigenvalue weighted by molar-refractivity contribution is -0.00274. The van der Waals surface area contributed by atoms with Crippen LogP contribution in [0.25, 0.3) is 0 Å². The van der Waals surface area contributed by atoms with Crippen LogP contribution in [0.4, 0.5) is 5.69 Å². The van der Waals surface area contributed by atoms with Gasteiger partial charge in [0.25, 0.3) is 0 Å². The number of hydrogen-bond donors (Lipinski definition) is 1. The van der Waals surface area contributed by atoms with Gasteiger partial charge in [0, 0.05) is 45.0 Å². The summed E-state index contributed by atoms with van der Waals surface area (Å²) in [5, 5.41) is 10.4. The third-order valence-corrected chi connectivity index (χ3v) is 6.81. The molecule has 150 valence electrons. The van der Waals surface area contributed by atoms with Gasteiger partial charge in [-0.1, -0.05) is 6.42 Å². The van der Waals surface area contributed by atoms with Gasteiger partial charge in [0.2, 0.25) is 0 Å². The van der Waals surface area contributed by atoms with E-state index in [1.54, 1.807) is 7.11 Å². The van der Waals surface area contributed by atoms with Crippen LogP contribution in [-0.2, 0) is 4.74 Å². The van der Waals surface area contributed by atoms with E-state index < -0.39 is 0 Å². The molecule has 5 nitrogen and oxygen atoms in total. The van der Waals surface area contributed by atoms with Crippen LogP contribution in [0.15, 0.2) is 24.3 Å². The molecule has 1 heterocycles. The van der Waals surface area contributed by atoms with Gasteiger partial charge >= 0.3 is 0 Å². The predicted molar refractivity (Wildman–Crippen MR) is 107 cm³/mol. The summed E-state index contributed by atoms with van der Waals surface area (Å²) in [7, 11) is 1.70. The molecule has 4 atom stereocenters. The summed E-state index contributed by atoms with van der Waals surface area (Å²) in [6, 6.07) is 8.26. The van der Waals surface area contributed by atoms with Crippen LogP contribution in [0.2, 0.25) is 0 Å². The van der Waals surface area contributed by atoms with Crippen molar-refractivity contribution >= 4 is 5.69 Å². The van der Waals surface area contributed by atoms with Crippen LogP contribution >= 0.6 is 0 Å². The number of aliphatic hydroxyl groups excluding tert-OH is 1. The van der Waals surface area contributed by atoms with Gasteiger partial charge in [-0.15, -0.1) is 0 Å². The largest absolute Gasteiger partial charge is 0.497 e. The topological polar surface area (TPSA) is 45.2 Å². The van der Waals surface area contributed by atoms with Gasteiger partial charge in [-0.25, -0.2) is 0 Å². The van der Waals surface area contributed by atoms with Gasteiger partial charge in [-0.2, -0.15) is 0 Å². The number of anilines is 1. The normalized spacial score (nSPS) is 29.3. The fourth-order valence-corrected chi connectivity index (χ4v) is 5.27. The molecule has 0 aromatic heterocycles. The van der Waals surface area contributed by atoms with E-state index in [1.165, 1.54) is 31.4 Å². The second-order valence-corrected chi connectivity index (χ2v) is 8.61. The zero-order chi connectivity index (χ0) is 18.6. The smallest absolute Gasteiger partial charge is 0.119 e. The molecule has 0 amide bonds. The number of aliphatic hydroxyl groups is 1. The first kappa shape index (κ1) is 19.0. The van der Waals surface area contributed by atoms with Gasteiger partial charge in [0.05, 0.1) is 19.8 Å². The SMILES string of the molecule is COc1ccc(N2CCN(C[C@@H](O)COC[C@@H]3C[C@H]4CC[C@H]3C4)CC2)cc1. The molecule has 1 aromatic carbocycles. The zero-order valence-electron chi connectivity index (χ0n) is 16.6. The Labute approximate surface area is 163 Å². The molecule has 5 heteroatoms. The van der Waals surface area contributed by atoms with E-state index in [4.69, 9.17) is 9.47 Å². The average molecular weight is 375 g/mol. The maximum Gasteiger partial charge on any atom is 0.119 e. The summed E-state index contributed by atoms with van der Waals surface area (Å²) in [6.45, 7) is 5.99. The lowest BCUT2D eigenvalue weighted by atomic mass is 9.90. The van der Waals surface area contributed by atoms with Crippen molar-refractivity contribution in [2.45, 2.75) is 31.8 Å². The number of benzene rings is 1. The Morgan fingerprint density at radius 3 is 2.48 bits per heavy atom. The first-order valence-corrected chi connectivity index (χ1v) is 10.6. The van der Waals surface area contributed by atoms with Crippen molar-refractivity contribution in [2.75, 3.05) is 57.9 Å². The molecule has 3 fully saturated rings. The van der Waals surface area contributed by atoms with Crippen LogP contribution in [0.5, 0.6) is 5.75 Å². The van der Waals surface area contributed by atoms with Crippen molar-refractivity contribution in [1.29, 1.82) is 0 Å². The zero-order valence-corrected chi connectivity index (χ0v) is 16.6. The van der Waals surface area contributed by atoms with Gasteiger partial charge in [0.1, 0.15) is 5.75 Å². The molecule has 1 aliphatic heterocycles. The number of β-amino-alcohol motifs (C(OH)–C–C–N with tert-alkyl or cyclic N) is 1. The van der Waals surface area contributed by atoms with Gasteiger partial charge < -0.3 is 19.5 Å². The number of nitrogens with zero attached hydrogens (tertiary/aromatic N) is 2. The molecule has 1 N–H and O–H groups in total. The molecule has 4 rings (SSSR count). The third-order valence-electron chi connectivity index (χ3n) is 6.81. The summed E-state index contributed by atoms with van der Waals surface area (Å²) >= 11 is 0. The van der Waals surface area contributed by atoms with Crippen molar-refractivity contribution in [3.05, 3.63) is 24.3 Å². The Morgan fingerprint density at radius 1 is 1.07 bits per heavy atom. The lowest BCUT2D eigenvalue weighted by Crippen LogP contribution is -2.49. The molecule has 1 aromatic rings. The average Bonchev–Trinajstić information content (AvgIpc) is 3.32. The van der Waals surface area contributed by atoms with Gasteiger partial charge in [-0.3, -0.25) is 4.90 Å². The Bertz CT molecular complexity index is 586. The minimum Gasteiger partial charge on any atom is -0.497 e. The highest BCUT2D eigenvalue weighted by Gasteiger charge is 2.39. The van der Waals surface area contributed by atoms with Crippen molar-refractivity contribution in [3.8, 4) is 5.75 Å².